The summed E-state index contributed by atoms with van der Waals surface area (Å²) in [6.07, 6.45) is 2.39. The first kappa shape index (κ1) is 13.8. The SMILES string of the molecule is CCNC(=O)C1CNCCN1C1CCOC(C)C1. The predicted molar refractivity (Wildman–Crippen MR) is 70.5 cm³/mol. The first-order valence-corrected chi connectivity index (χ1v) is 7.08. The Balaban J connectivity index is 2.00. The fourth-order valence-corrected chi connectivity index (χ4v) is 2.97. The molecule has 2 heterocycles. The van der Waals surface area contributed by atoms with E-state index < -0.39 is 0 Å². The lowest BCUT2D eigenvalue weighted by molar-refractivity contribution is -0.129. The third-order valence-corrected chi connectivity index (χ3v) is 3.86. The summed E-state index contributed by atoms with van der Waals surface area (Å²) in [5, 5.41) is 6.26. The Morgan fingerprint density at radius 2 is 2.39 bits per heavy atom. The van der Waals surface area contributed by atoms with Crippen LogP contribution < -0.4 is 10.6 Å². The molecular formula is C13H25N3O2. The Morgan fingerprint density at radius 1 is 1.56 bits per heavy atom. The van der Waals surface area contributed by atoms with Crippen LogP contribution in [0.15, 0.2) is 0 Å². The lowest BCUT2D eigenvalue weighted by Gasteiger charge is -2.43. The molecule has 3 unspecified atom stereocenters. The summed E-state index contributed by atoms with van der Waals surface area (Å²) in [4.78, 5) is 14.5. The zero-order chi connectivity index (χ0) is 13.0. The molecule has 2 N–H and O–H groups in total. The highest BCUT2D eigenvalue weighted by molar-refractivity contribution is 5.82. The molecule has 0 saturated carbocycles. The number of nitrogens with one attached hydrogen (secondary N) is 2. The Morgan fingerprint density at radius 3 is 3.11 bits per heavy atom. The molecule has 0 aliphatic carbocycles. The number of hydrogen-bond acceptors (Lipinski definition) is 4. The van der Waals surface area contributed by atoms with Crippen LogP contribution in [-0.4, -0.2) is 61.8 Å². The fraction of sp³-hybridized carbons (Fsp3) is 0.923. The molecule has 1 amide bonds. The monoisotopic (exact) mass is 255 g/mol. The molecular weight excluding hydrogens is 230 g/mol. The average molecular weight is 255 g/mol. The molecule has 0 aromatic carbocycles. The van der Waals surface area contributed by atoms with Gasteiger partial charge in [0, 0.05) is 38.8 Å². The number of hydrogen-bond donors (Lipinski definition) is 2. The van der Waals surface area contributed by atoms with Gasteiger partial charge in [0.2, 0.25) is 5.91 Å². The van der Waals surface area contributed by atoms with Gasteiger partial charge in [-0.25, -0.2) is 0 Å². The smallest absolute Gasteiger partial charge is 0.238 e. The highest BCUT2D eigenvalue weighted by atomic mass is 16.5. The molecule has 104 valence electrons. The van der Waals surface area contributed by atoms with Crippen LogP contribution in [0.4, 0.5) is 0 Å². The van der Waals surface area contributed by atoms with Gasteiger partial charge in [0.05, 0.1) is 6.10 Å². The lowest BCUT2D eigenvalue weighted by Crippen LogP contribution is -2.61. The summed E-state index contributed by atoms with van der Waals surface area (Å²) < 4.78 is 5.60. The van der Waals surface area contributed by atoms with Crippen molar-refractivity contribution >= 4 is 5.91 Å². The number of ether oxygens (including phenoxy) is 1. The summed E-state index contributed by atoms with van der Waals surface area (Å²) in [5.74, 6) is 0.156. The molecule has 0 radical (unpaired) electrons. The van der Waals surface area contributed by atoms with Crippen molar-refractivity contribution in [1.82, 2.24) is 15.5 Å². The van der Waals surface area contributed by atoms with Gasteiger partial charge in [-0.1, -0.05) is 0 Å². The standard InChI is InChI=1S/C13H25N3O2/c1-3-15-13(17)12-9-14-5-6-16(12)11-4-7-18-10(2)8-11/h10-12,14H,3-9H2,1-2H3,(H,15,17). The summed E-state index contributed by atoms with van der Waals surface area (Å²) >= 11 is 0. The van der Waals surface area contributed by atoms with Crippen LogP contribution in [0.1, 0.15) is 26.7 Å². The van der Waals surface area contributed by atoms with E-state index in [-0.39, 0.29) is 11.9 Å². The maximum Gasteiger partial charge on any atom is 0.238 e. The summed E-state index contributed by atoms with van der Waals surface area (Å²) in [5.41, 5.74) is 0. The number of carbonyl (C=O) groups excluding carboxylic acids is 1. The summed E-state index contributed by atoms with van der Waals surface area (Å²) in [6, 6.07) is 0.470. The molecule has 0 aromatic rings. The third kappa shape index (κ3) is 3.22. The van der Waals surface area contributed by atoms with Crippen molar-refractivity contribution in [2.75, 3.05) is 32.8 Å². The number of carbonyl (C=O) groups is 1. The Kier molecular flexibility index (Phi) is 4.97. The van der Waals surface area contributed by atoms with Gasteiger partial charge >= 0.3 is 0 Å². The normalized spacial score (nSPS) is 34.2. The van der Waals surface area contributed by atoms with E-state index in [1.807, 2.05) is 6.92 Å². The lowest BCUT2D eigenvalue weighted by atomic mass is 9.99. The van der Waals surface area contributed by atoms with E-state index in [1.54, 1.807) is 0 Å². The van der Waals surface area contributed by atoms with Crippen molar-refractivity contribution in [3.63, 3.8) is 0 Å². The second-order valence-electron chi connectivity index (χ2n) is 5.21. The third-order valence-electron chi connectivity index (χ3n) is 3.86. The molecule has 5 nitrogen and oxygen atoms in total. The predicted octanol–water partition coefficient (Wildman–Crippen LogP) is -0.0362. The van der Waals surface area contributed by atoms with Gasteiger partial charge < -0.3 is 15.4 Å². The average Bonchev–Trinajstić information content (AvgIpc) is 2.39. The maximum absolute atomic E-state index is 12.1. The molecule has 2 rings (SSSR count). The summed E-state index contributed by atoms with van der Waals surface area (Å²) in [6.45, 7) is 8.30. The van der Waals surface area contributed by atoms with Crippen molar-refractivity contribution in [1.29, 1.82) is 0 Å². The quantitative estimate of drug-likeness (QED) is 0.743. The molecule has 18 heavy (non-hydrogen) atoms. The van der Waals surface area contributed by atoms with Crippen LogP contribution in [0.5, 0.6) is 0 Å². The molecule has 2 aliphatic rings. The minimum absolute atomic E-state index is 0.0194. The van der Waals surface area contributed by atoms with E-state index in [1.165, 1.54) is 0 Å². The van der Waals surface area contributed by atoms with Crippen LogP contribution in [-0.2, 0) is 9.53 Å². The minimum Gasteiger partial charge on any atom is -0.378 e. The van der Waals surface area contributed by atoms with Crippen molar-refractivity contribution in [2.24, 2.45) is 0 Å². The highest BCUT2D eigenvalue weighted by Gasteiger charge is 2.35. The van der Waals surface area contributed by atoms with Crippen LogP contribution in [0, 0.1) is 0 Å². The van der Waals surface area contributed by atoms with Gasteiger partial charge in [0.1, 0.15) is 6.04 Å². The second-order valence-corrected chi connectivity index (χ2v) is 5.21. The zero-order valence-corrected chi connectivity index (χ0v) is 11.4. The minimum atomic E-state index is -0.0194. The Hall–Kier alpha value is -0.650. The Labute approximate surface area is 109 Å². The van der Waals surface area contributed by atoms with E-state index >= 15 is 0 Å². The van der Waals surface area contributed by atoms with E-state index in [2.05, 4.69) is 22.5 Å². The number of nitrogens with zero attached hydrogens (tertiary/aromatic N) is 1. The molecule has 2 fully saturated rings. The van der Waals surface area contributed by atoms with Gasteiger partial charge in [0.25, 0.3) is 0 Å². The number of piperazine rings is 1. The van der Waals surface area contributed by atoms with Crippen molar-refractivity contribution in [2.45, 2.75) is 44.9 Å². The molecule has 2 aliphatic heterocycles. The van der Waals surface area contributed by atoms with Gasteiger partial charge in [-0.2, -0.15) is 0 Å². The Bertz CT molecular complexity index is 285. The topological polar surface area (TPSA) is 53.6 Å². The molecule has 0 bridgehead atoms. The van der Waals surface area contributed by atoms with Gasteiger partial charge in [-0.05, 0) is 26.7 Å². The number of rotatable bonds is 3. The van der Waals surface area contributed by atoms with Crippen molar-refractivity contribution in [3.05, 3.63) is 0 Å². The number of likely N-dealkylation sites (N-methyl/N-ethyl adjacent to an activating group) is 1. The first-order chi connectivity index (χ1) is 8.72. The fourth-order valence-electron chi connectivity index (χ4n) is 2.97. The second kappa shape index (κ2) is 6.50. The molecule has 2 saturated heterocycles. The highest BCUT2D eigenvalue weighted by Crippen LogP contribution is 2.22. The van der Waals surface area contributed by atoms with Gasteiger partial charge in [-0.15, -0.1) is 0 Å². The van der Waals surface area contributed by atoms with Crippen molar-refractivity contribution in [3.8, 4) is 0 Å². The largest absolute Gasteiger partial charge is 0.378 e. The van der Waals surface area contributed by atoms with Crippen LogP contribution >= 0.6 is 0 Å². The molecule has 5 heteroatoms. The van der Waals surface area contributed by atoms with E-state index in [0.717, 1.165) is 39.1 Å². The number of amides is 1. The van der Waals surface area contributed by atoms with E-state index in [4.69, 9.17) is 4.74 Å². The van der Waals surface area contributed by atoms with E-state index in [0.29, 0.717) is 18.7 Å². The molecule has 0 spiro atoms. The van der Waals surface area contributed by atoms with Crippen LogP contribution in [0.3, 0.4) is 0 Å². The molecule has 0 aromatic heterocycles. The van der Waals surface area contributed by atoms with E-state index in [9.17, 15) is 4.79 Å². The van der Waals surface area contributed by atoms with Gasteiger partial charge in [0.15, 0.2) is 0 Å². The van der Waals surface area contributed by atoms with Gasteiger partial charge in [-0.3, -0.25) is 9.69 Å². The van der Waals surface area contributed by atoms with Crippen LogP contribution in [0.2, 0.25) is 0 Å². The summed E-state index contributed by atoms with van der Waals surface area (Å²) in [7, 11) is 0. The van der Waals surface area contributed by atoms with Crippen LogP contribution in [0.25, 0.3) is 0 Å². The molecule has 3 atom stereocenters. The van der Waals surface area contributed by atoms with Crippen molar-refractivity contribution < 1.29 is 9.53 Å². The zero-order valence-electron chi connectivity index (χ0n) is 11.4. The first-order valence-electron chi connectivity index (χ1n) is 7.08. The maximum atomic E-state index is 12.1.